The van der Waals surface area contributed by atoms with E-state index < -0.39 is 0 Å². The van der Waals surface area contributed by atoms with Crippen LogP contribution in [0.4, 0.5) is 0 Å². The van der Waals surface area contributed by atoms with Crippen molar-refractivity contribution >= 4 is 0 Å². The van der Waals surface area contributed by atoms with Crippen LogP contribution in [0.25, 0.3) is 11.3 Å². The Bertz CT molecular complexity index is 490. The number of hydrogen-bond acceptors (Lipinski definition) is 2. The van der Waals surface area contributed by atoms with Crippen molar-refractivity contribution < 1.29 is 0 Å². The third kappa shape index (κ3) is 2.13. The lowest BCUT2D eigenvalue weighted by atomic mass is 10.0. The minimum atomic E-state index is -0.147. The molecule has 0 atom stereocenters. The molecule has 2 aliphatic rings. The molecular weight excluding hydrogens is 200 g/mol. The number of unbranched alkanes of at least 4 members (excludes halogenated alkanes) is 2. The Balaban J connectivity index is 2.33. The van der Waals surface area contributed by atoms with E-state index in [1.165, 1.54) is 12.8 Å². The first kappa shape index (κ1) is 10.9. The molecule has 0 bridgehead atoms. The van der Waals surface area contributed by atoms with Gasteiger partial charge in [-0.3, -0.25) is 4.79 Å². The van der Waals surface area contributed by atoms with E-state index in [1.54, 1.807) is 6.20 Å². The molecule has 3 heteroatoms. The summed E-state index contributed by atoms with van der Waals surface area (Å²) in [7, 11) is 0. The van der Waals surface area contributed by atoms with E-state index in [1.807, 2.05) is 18.3 Å². The van der Waals surface area contributed by atoms with Gasteiger partial charge in [-0.2, -0.15) is 0 Å². The zero-order valence-corrected chi connectivity index (χ0v) is 9.49. The van der Waals surface area contributed by atoms with E-state index in [0.29, 0.717) is 5.56 Å². The molecule has 2 heterocycles. The Morgan fingerprint density at radius 2 is 2.25 bits per heavy atom. The zero-order valence-electron chi connectivity index (χ0n) is 9.49. The summed E-state index contributed by atoms with van der Waals surface area (Å²) >= 11 is 0. The average molecular weight is 216 g/mol. The molecule has 0 saturated carbocycles. The number of pyridine rings is 2. The lowest BCUT2D eigenvalue weighted by Gasteiger charge is -2.09. The molecule has 0 saturated heterocycles. The van der Waals surface area contributed by atoms with Gasteiger partial charge in [0, 0.05) is 12.4 Å². The molecule has 0 amide bonds. The predicted octanol–water partition coefficient (Wildman–Crippen LogP) is 2.61. The van der Waals surface area contributed by atoms with Crippen molar-refractivity contribution in [1.82, 2.24) is 9.97 Å². The van der Waals surface area contributed by atoms with Crippen molar-refractivity contribution in [3.05, 3.63) is 40.4 Å². The molecule has 2 aliphatic heterocycles. The molecule has 0 aromatic carbocycles. The molecule has 0 unspecified atom stereocenters. The lowest BCUT2D eigenvalue weighted by molar-refractivity contribution is 0.715. The van der Waals surface area contributed by atoms with Gasteiger partial charge >= 0.3 is 0 Å². The zero-order chi connectivity index (χ0) is 11.4. The number of aromatic amines is 1. The van der Waals surface area contributed by atoms with Crippen LogP contribution in [0.2, 0.25) is 0 Å². The van der Waals surface area contributed by atoms with Gasteiger partial charge in [-0.1, -0.05) is 19.8 Å². The summed E-state index contributed by atoms with van der Waals surface area (Å²) < 4.78 is 0. The van der Waals surface area contributed by atoms with Gasteiger partial charge in [-0.25, -0.2) is 4.98 Å². The van der Waals surface area contributed by atoms with Crippen molar-refractivity contribution in [1.29, 1.82) is 0 Å². The highest BCUT2D eigenvalue weighted by Gasteiger charge is 2.10. The van der Waals surface area contributed by atoms with Crippen LogP contribution in [0.3, 0.4) is 0 Å². The highest BCUT2D eigenvalue weighted by molar-refractivity contribution is 5.62. The average Bonchev–Trinajstić information content (AvgIpc) is 2.33. The van der Waals surface area contributed by atoms with E-state index >= 15 is 0 Å². The van der Waals surface area contributed by atoms with Crippen LogP contribution in [0, 0.1) is 0 Å². The Morgan fingerprint density at radius 1 is 1.38 bits per heavy atom. The van der Waals surface area contributed by atoms with Crippen LogP contribution >= 0.6 is 0 Å². The van der Waals surface area contributed by atoms with Crippen LogP contribution < -0.4 is 5.56 Å². The molecule has 1 N–H and O–H groups in total. The van der Waals surface area contributed by atoms with Gasteiger partial charge in [0.2, 0.25) is 0 Å². The molecule has 3 nitrogen and oxygen atoms in total. The number of hydrogen-bond donors (Lipinski definition) is 1. The lowest BCUT2D eigenvalue weighted by Crippen LogP contribution is -2.12. The Labute approximate surface area is 94.9 Å². The maximum absolute atomic E-state index is 11.5. The van der Waals surface area contributed by atoms with Crippen LogP contribution in [0.15, 0.2) is 29.3 Å². The normalized spacial score (nSPS) is 10.8. The number of rotatable bonds is 4. The molecule has 0 radical (unpaired) electrons. The molecule has 0 aromatic heterocycles. The maximum atomic E-state index is 11.5. The molecule has 16 heavy (non-hydrogen) atoms. The van der Waals surface area contributed by atoms with Gasteiger partial charge in [-0.15, -0.1) is 0 Å². The number of aryl methyl sites for hydroxylation is 1. The van der Waals surface area contributed by atoms with Crippen LogP contribution in [-0.2, 0) is 6.42 Å². The minimum Gasteiger partial charge on any atom is -0.361 e. The number of aromatic nitrogens is 2. The highest BCUT2D eigenvalue weighted by Crippen LogP contribution is 2.19. The fourth-order valence-corrected chi connectivity index (χ4v) is 1.91. The Morgan fingerprint density at radius 3 is 3.06 bits per heavy atom. The molecule has 0 fully saturated rings. The third-order valence-corrected chi connectivity index (χ3v) is 2.79. The van der Waals surface area contributed by atoms with E-state index in [9.17, 15) is 4.79 Å². The third-order valence-electron chi connectivity index (χ3n) is 2.79. The van der Waals surface area contributed by atoms with Crippen molar-refractivity contribution in [3.8, 4) is 11.3 Å². The highest BCUT2D eigenvalue weighted by atomic mass is 16.1. The predicted molar refractivity (Wildman–Crippen MR) is 64.7 cm³/mol. The van der Waals surface area contributed by atoms with Gasteiger partial charge in [0.15, 0.2) is 0 Å². The molecule has 2 rings (SSSR count). The standard InChI is InChI=1S/C13H16N2O/c1-2-3-4-6-10-9-15-13(16)11-7-5-8-14-12(10)11/h5,7-9,14H,2-4,6H2,1H3. The number of nitrogens with zero attached hydrogens (tertiary/aromatic N) is 1. The summed E-state index contributed by atoms with van der Waals surface area (Å²) in [5.41, 5.74) is 2.63. The topological polar surface area (TPSA) is 45.8 Å². The molecule has 0 aliphatic carbocycles. The van der Waals surface area contributed by atoms with Gasteiger partial charge in [-0.05, 0) is 30.5 Å². The summed E-state index contributed by atoms with van der Waals surface area (Å²) in [5.74, 6) is 0. The second kappa shape index (κ2) is 4.92. The smallest absolute Gasteiger partial charge is 0.279 e. The summed E-state index contributed by atoms with van der Waals surface area (Å²) in [6.07, 6.45) is 8.11. The minimum absolute atomic E-state index is 0.147. The van der Waals surface area contributed by atoms with Gasteiger partial charge in [0.25, 0.3) is 5.56 Å². The van der Waals surface area contributed by atoms with E-state index in [4.69, 9.17) is 0 Å². The van der Waals surface area contributed by atoms with Gasteiger partial charge in [0.05, 0.1) is 11.3 Å². The summed E-state index contributed by atoms with van der Waals surface area (Å²) in [6.45, 7) is 2.18. The Hall–Kier alpha value is -1.64. The summed E-state index contributed by atoms with van der Waals surface area (Å²) in [6, 6.07) is 3.66. The maximum Gasteiger partial charge on any atom is 0.279 e. The van der Waals surface area contributed by atoms with Crippen molar-refractivity contribution in [3.63, 3.8) is 0 Å². The van der Waals surface area contributed by atoms with Crippen molar-refractivity contribution in [2.45, 2.75) is 32.6 Å². The van der Waals surface area contributed by atoms with E-state index in [-0.39, 0.29) is 5.56 Å². The molecule has 0 aromatic rings. The number of fused-ring (bicyclic) bond motifs is 1. The van der Waals surface area contributed by atoms with Gasteiger partial charge in [0.1, 0.15) is 0 Å². The second-order valence-electron chi connectivity index (χ2n) is 4.00. The van der Waals surface area contributed by atoms with Crippen LogP contribution in [-0.4, -0.2) is 9.97 Å². The fraction of sp³-hybridized carbons (Fsp3) is 0.385. The van der Waals surface area contributed by atoms with Crippen molar-refractivity contribution in [2.24, 2.45) is 0 Å². The van der Waals surface area contributed by atoms with Crippen LogP contribution in [0.1, 0.15) is 31.7 Å². The first-order valence-electron chi connectivity index (χ1n) is 5.78. The monoisotopic (exact) mass is 216 g/mol. The molecular formula is C13H16N2O. The second-order valence-corrected chi connectivity index (χ2v) is 4.00. The summed E-state index contributed by atoms with van der Waals surface area (Å²) in [4.78, 5) is 18.6. The first-order chi connectivity index (χ1) is 7.83. The van der Waals surface area contributed by atoms with Crippen molar-refractivity contribution in [2.75, 3.05) is 0 Å². The largest absolute Gasteiger partial charge is 0.361 e. The SMILES string of the molecule is CCCCCc1cnc(=O)c2ccc[nH]c1-2. The molecule has 0 spiro atoms. The number of nitrogens with one attached hydrogen (secondary N) is 1. The molecule has 84 valence electrons. The van der Waals surface area contributed by atoms with Crippen LogP contribution in [0.5, 0.6) is 0 Å². The number of H-pyrrole nitrogens is 1. The quantitative estimate of drug-likeness (QED) is 0.798. The summed E-state index contributed by atoms with van der Waals surface area (Å²) in [5, 5.41) is 0. The Kier molecular flexibility index (Phi) is 3.34. The first-order valence-corrected chi connectivity index (χ1v) is 5.78. The van der Waals surface area contributed by atoms with E-state index in [0.717, 1.165) is 24.1 Å². The van der Waals surface area contributed by atoms with Gasteiger partial charge < -0.3 is 4.98 Å². The van der Waals surface area contributed by atoms with E-state index in [2.05, 4.69) is 16.9 Å². The fourth-order valence-electron chi connectivity index (χ4n) is 1.91.